The molecule has 0 amide bonds. The Morgan fingerprint density at radius 1 is 0.795 bits per heavy atom. The summed E-state index contributed by atoms with van der Waals surface area (Å²) in [5.74, 6) is 1.95. The summed E-state index contributed by atoms with van der Waals surface area (Å²) in [4.78, 5) is 7.52. The second kappa shape index (κ2) is 10.7. The lowest BCUT2D eigenvalue weighted by Crippen LogP contribution is -2.32. The zero-order valence-electron chi connectivity index (χ0n) is 24.9. The van der Waals surface area contributed by atoms with Crippen molar-refractivity contribution in [3.8, 4) is 11.4 Å². The van der Waals surface area contributed by atoms with Crippen molar-refractivity contribution in [3.63, 3.8) is 0 Å². The summed E-state index contributed by atoms with van der Waals surface area (Å²) < 4.78 is 2.25. The number of hydrogen-bond acceptors (Lipinski definition) is 5. The van der Waals surface area contributed by atoms with Crippen molar-refractivity contribution in [1.82, 2.24) is 20.2 Å². The third-order valence-electron chi connectivity index (χ3n) is 8.60. The summed E-state index contributed by atoms with van der Waals surface area (Å²) in [7, 11) is 0. The average molecular weight is 575 g/mol. The summed E-state index contributed by atoms with van der Waals surface area (Å²) in [6, 6.07) is 32.2. The molecule has 1 aromatic heterocycles. The van der Waals surface area contributed by atoms with Crippen LogP contribution in [0, 0.1) is 13.8 Å². The summed E-state index contributed by atoms with van der Waals surface area (Å²) in [6.45, 7) is 5.79. The van der Waals surface area contributed by atoms with Crippen molar-refractivity contribution < 1.29 is 0 Å². The Morgan fingerprint density at radius 3 is 2.36 bits per heavy atom. The molecular weight excluding hydrogens is 540 g/mol. The van der Waals surface area contributed by atoms with Gasteiger partial charge in [-0.15, -0.1) is 0 Å². The number of hydrogen-bond donors (Lipinski definition) is 3. The molecule has 0 saturated carbocycles. The van der Waals surface area contributed by atoms with Crippen LogP contribution in [-0.2, 0) is 0 Å². The third kappa shape index (κ3) is 4.47. The van der Waals surface area contributed by atoms with Gasteiger partial charge in [0.25, 0.3) is 0 Å². The first-order valence-corrected chi connectivity index (χ1v) is 15.2. The van der Waals surface area contributed by atoms with Gasteiger partial charge >= 0.3 is 0 Å². The highest BCUT2D eigenvalue weighted by Crippen LogP contribution is 2.48. The maximum atomic E-state index is 5.08. The van der Waals surface area contributed by atoms with Crippen LogP contribution in [0.1, 0.15) is 28.4 Å². The van der Waals surface area contributed by atoms with Crippen LogP contribution in [0.15, 0.2) is 127 Å². The molecule has 8 rings (SSSR count). The van der Waals surface area contributed by atoms with Gasteiger partial charge in [0.05, 0.1) is 29.0 Å². The van der Waals surface area contributed by atoms with E-state index < -0.39 is 0 Å². The smallest absolute Gasteiger partial charge is 0.146 e. The molecule has 0 spiro atoms. The molecule has 0 bridgehead atoms. The molecule has 0 saturated heterocycles. The number of benzene rings is 4. The van der Waals surface area contributed by atoms with E-state index in [1.165, 1.54) is 44.9 Å². The molecular formula is C38H34N6. The standard InChI is InChI=1S/C38H34N6/c1-25-15-17-33-32(21-25)41-37(27-10-5-3-6-11-27)44(33)35-18-16-29(23-40-35)31-20-26(2)22-34-36(31)42-38(28-12-7-4-8-13-28)43(34)30-14-9-19-39-24-30/h3-22,38-40,42H,23-24H2,1-2H3. The average Bonchev–Trinajstić information content (AvgIpc) is 3.64. The van der Waals surface area contributed by atoms with Crippen LogP contribution in [0.4, 0.5) is 11.4 Å². The van der Waals surface area contributed by atoms with Gasteiger partial charge in [0.2, 0.25) is 0 Å². The lowest BCUT2D eigenvalue weighted by atomic mass is 9.98. The van der Waals surface area contributed by atoms with Gasteiger partial charge in [-0.1, -0.05) is 72.8 Å². The number of aryl methyl sites for hydroxylation is 2. The molecule has 1 atom stereocenters. The minimum atomic E-state index is 0.00348. The highest BCUT2D eigenvalue weighted by molar-refractivity contribution is 5.93. The summed E-state index contributed by atoms with van der Waals surface area (Å²) in [5, 5.41) is 11.1. The van der Waals surface area contributed by atoms with E-state index in [1.54, 1.807) is 0 Å². The highest BCUT2D eigenvalue weighted by Gasteiger charge is 2.35. The Labute approximate surface area is 257 Å². The van der Waals surface area contributed by atoms with Crippen molar-refractivity contribution in [2.75, 3.05) is 23.3 Å². The fraction of sp³-hybridized carbons (Fsp3) is 0.132. The van der Waals surface area contributed by atoms with Gasteiger partial charge in [0, 0.05) is 23.4 Å². The summed E-state index contributed by atoms with van der Waals surface area (Å²) in [5.41, 5.74) is 12.9. The Bertz CT molecular complexity index is 2010. The quantitative estimate of drug-likeness (QED) is 0.201. The Kier molecular flexibility index (Phi) is 6.33. The number of fused-ring (bicyclic) bond motifs is 2. The van der Waals surface area contributed by atoms with Crippen LogP contribution < -0.4 is 20.9 Å². The normalized spacial score (nSPS) is 17.3. The van der Waals surface area contributed by atoms with Crippen LogP contribution in [0.5, 0.6) is 0 Å². The third-order valence-corrected chi connectivity index (χ3v) is 8.60. The number of nitrogens with one attached hydrogen (secondary N) is 3. The van der Waals surface area contributed by atoms with Crippen molar-refractivity contribution in [2.24, 2.45) is 0 Å². The van der Waals surface area contributed by atoms with E-state index in [1.807, 2.05) is 12.3 Å². The largest absolute Gasteiger partial charge is 0.385 e. The van der Waals surface area contributed by atoms with Crippen LogP contribution in [0.25, 0.3) is 33.8 Å². The van der Waals surface area contributed by atoms with E-state index in [9.17, 15) is 0 Å². The van der Waals surface area contributed by atoms with E-state index in [0.29, 0.717) is 6.54 Å². The Morgan fingerprint density at radius 2 is 1.61 bits per heavy atom. The number of anilines is 2. The van der Waals surface area contributed by atoms with Gasteiger partial charge in [-0.05, 0) is 84.8 Å². The van der Waals surface area contributed by atoms with E-state index in [4.69, 9.17) is 4.98 Å². The number of imidazole rings is 1. The fourth-order valence-electron chi connectivity index (χ4n) is 6.54. The van der Waals surface area contributed by atoms with Gasteiger partial charge < -0.3 is 20.9 Å². The second-order valence-corrected chi connectivity index (χ2v) is 11.7. The molecule has 3 aliphatic heterocycles. The first-order valence-electron chi connectivity index (χ1n) is 15.2. The Balaban J connectivity index is 1.23. The van der Waals surface area contributed by atoms with E-state index in [2.05, 4.69) is 148 Å². The molecule has 216 valence electrons. The zero-order chi connectivity index (χ0) is 29.6. The number of nitrogens with zero attached hydrogens (tertiary/aromatic N) is 3. The first-order chi connectivity index (χ1) is 21.6. The monoisotopic (exact) mass is 574 g/mol. The zero-order valence-corrected chi connectivity index (χ0v) is 24.9. The minimum Gasteiger partial charge on any atom is -0.385 e. The van der Waals surface area contributed by atoms with E-state index in [-0.39, 0.29) is 6.17 Å². The first kappa shape index (κ1) is 26.2. The van der Waals surface area contributed by atoms with E-state index >= 15 is 0 Å². The van der Waals surface area contributed by atoms with Gasteiger partial charge in [0.15, 0.2) is 0 Å². The molecule has 3 N–H and O–H groups in total. The van der Waals surface area contributed by atoms with Crippen LogP contribution >= 0.6 is 0 Å². The number of rotatable bonds is 5. The topological polar surface area (TPSA) is 57.2 Å². The van der Waals surface area contributed by atoms with Gasteiger partial charge in [-0.3, -0.25) is 4.57 Å². The SMILES string of the molecule is Cc1cc(C2=CC=C(n3c(-c4ccccc4)nc4cc(C)ccc43)NC2)c2c(c1)N(C1=CC=CNC1)C(c1ccccc1)N2. The number of dihydropyridines is 2. The highest BCUT2D eigenvalue weighted by atomic mass is 15.3. The molecule has 44 heavy (non-hydrogen) atoms. The fourth-order valence-corrected chi connectivity index (χ4v) is 6.54. The van der Waals surface area contributed by atoms with Crippen molar-refractivity contribution in [3.05, 3.63) is 149 Å². The predicted octanol–water partition coefficient (Wildman–Crippen LogP) is 7.74. The van der Waals surface area contributed by atoms with Crippen molar-refractivity contribution >= 4 is 33.8 Å². The molecule has 0 aliphatic carbocycles. The number of allylic oxidation sites excluding steroid dienone is 4. The van der Waals surface area contributed by atoms with Gasteiger partial charge in [0.1, 0.15) is 17.8 Å². The van der Waals surface area contributed by atoms with Crippen molar-refractivity contribution in [2.45, 2.75) is 20.0 Å². The Hall–Kier alpha value is -5.49. The van der Waals surface area contributed by atoms with Gasteiger partial charge in [-0.2, -0.15) is 0 Å². The molecule has 4 heterocycles. The second-order valence-electron chi connectivity index (χ2n) is 11.7. The van der Waals surface area contributed by atoms with Crippen LogP contribution in [0.3, 0.4) is 0 Å². The summed E-state index contributed by atoms with van der Waals surface area (Å²) in [6.07, 6.45) is 10.8. The van der Waals surface area contributed by atoms with Crippen LogP contribution in [-0.4, -0.2) is 22.6 Å². The minimum absolute atomic E-state index is 0.00348. The van der Waals surface area contributed by atoms with Crippen LogP contribution in [0.2, 0.25) is 0 Å². The molecule has 4 aromatic carbocycles. The van der Waals surface area contributed by atoms with Crippen molar-refractivity contribution in [1.29, 1.82) is 0 Å². The predicted molar refractivity (Wildman–Crippen MR) is 182 cm³/mol. The molecule has 0 fully saturated rings. The molecule has 3 aliphatic rings. The molecule has 6 nitrogen and oxygen atoms in total. The molecule has 6 heteroatoms. The molecule has 0 radical (unpaired) electrons. The lowest BCUT2D eigenvalue weighted by molar-refractivity contribution is 0.748. The maximum Gasteiger partial charge on any atom is 0.146 e. The summed E-state index contributed by atoms with van der Waals surface area (Å²) >= 11 is 0. The van der Waals surface area contributed by atoms with Gasteiger partial charge in [-0.25, -0.2) is 4.98 Å². The molecule has 1 unspecified atom stereocenters. The number of aromatic nitrogens is 2. The maximum absolute atomic E-state index is 5.08. The molecule has 5 aromatic rings. The van der Waals surface area contributed by atoms with E-state index in [0.717, 1.165) is 34.8 Å². The lowest BCUT2D eigenvalue weighted by Gasteiger charge is -2.30.